The fraction of sp³-hybridized carbons (Fsp3) is 0.133. The molecule has 148 valence electrons. The number of rotatable bonds is 0. The molecule has 0 aromatic heterocycles. The van der Waals surface area contributed by atoms with Crippen LogP contribution in [0.2, 0.25) is 19.6 Å². The summed E-state index contributed by atoms with van der Waals surface area (Å²) in [5.74, 6) is 3.64. The summed E-state index contributed by atoms with van der Waals surface area (Å²) in [7, 11) is -1.51. The van der Waals surface area contributed by atoms with Gasteiger partial charge in [-0.15, -0.1) is 5.54 Å². The van der Waals surface area contributed by atoms with Gasteiger partial charge in [-0.1, -0.05) is 110 Å². The Morgan fingerprint density at radius 3 is 1.52 bits per heavy atom. The SMILES string of the molecule is C[Si](C)(C)C#Cc1cccc2c1C1(c3ccccc3-c3ccccc31)c1ccccc1-2. The van der Waals surface area contributed by atoms with E-state index in [1.807, 2.05) is 0 Å². The molecular formula is C30H24Si. The van der Waals surface area contributed by atoms with Gasteiger partial charge < -0.3 is 0 Å². The van der Waals surface area contributed by atoms with E-state index < -0.39 is 8.07 Å². The molecule has 2 aliphatic carbocycles. The predicted molar refractivity (Wildman–Crippen MR) is 133 cm³/mol. The third kappa shape index (κ3) is 2.43. The van der Waals surface area contributed by atoms with Crippen LogP contribution in [0.15, 0.2) is 91.0 Å². The predicted octanol–water partition coefficient (Wildman–Crippen LogP) is 7.26. The maximum Gasteiger partial charge on any atom is 0.129 e. The van der Waals surface area contributed by atoms with Crippen molar-refractivity contribution in [1.82, 2.24) is 0 Å². The molecule has 0 bridgehead atoms. The topological polar surface area (TPSA) is 0 Å². The molecule has 0 radical (unpaired) electrons. The lowest BCUT2D eigenvalue weighted by Crippen LogP contribution is -2.27. The van der Waals surface area contributed by atoms with E-state index in [-0.39, 0.29) is 5.41 Å². The standard InChI is InChI=1S/C30H24Si/c1-31(2,3)20-19-21-11-10-15-25-24-14-6-9-18-28(24)30(29(21)25)26-16-7-4-12-22(26)23-13-5-8-17-27(23)30/h4-18H,1-3H3. The zero-order valence-corrected chi connectivity index (χ0v) is 19.2. The largest absolute Gasteiger partial charge is 0.129 e. The fourth-order valence-corrected chi connectivity index (χ4v) is 6.02. The summed E-state index contributed by atoms with van der Waals surface area (Å²) in [5.41, 5.74) is 15.3. The molecule has 4 aromatic rings. The molecule has 1 heteroatoms. The van der Waals surface area contributed by atoms with E-state index in [0.29, 0.717) is 0 Å². The maximum atomic E-state index is 3.64. The van der Waals surface area contributed by atoms with E-state index in [1.165, 1.54) is 50.1 Å². The van der Waals surface area contributed by atoms with Gasteiger partial charge in [-0.05, 0) is 50.6 Å². The first-order chi connectivity index (χ1) is 15.0. The van der Waals surface area contributed by atoms with Crippen LogP contribution in [-0.2, 0) is 5.41 Å². The van der Waals surface area contributed by atoms with Crippen LogP contribution in [0.4, 0.5) is 0 Å². The zero-order chi connectivity index (χ0) is 21.2. The molecule has 0 amide bonds. The Bertz CT molecular complexity index is 1360. The van der Waals surface area contributed by atoms with Crippen LogP contribution in [-0.4, -0.2) is 8.07 Å². The molecule has 0 saturated heterocycles. The first-order valence-corrected chi connectivity index (χ1v) is 14.5. The van der Waals surface area contributed by atoms with Crippen molar-refractivity contribution in [3.8, 4) is 33.7 Å². The molecule has 0 atom stereocenters. The summed E-state index contributed by atoms with van der Waals surface area (Å²) in [4.78, 5) is 0. The summed E-state index contributed by atoms with van der Waals surface area (Å²) in [6.07, 6.45) is 0. The molecule has 2 aliphatic rings. The first kappa shape index (κ1) is 18.4. The van der Waals surface area contributed by atoms with Crippen molar-refractivity contribution in [2.45, 2.75) is 25.1 Å². The molecule has 0 fully saturated rings. The van der Waals surface area contributed by atoms with Crippen LogP contribution in [0.5, 0.6) is 0 Å². The van der Waals surface area contributed by atoms with E-state index in [0.717, 1.165) is 0 Å². The quantitative estimate of drug-likeness (QED) is 0.182. The lowest BCUT2D eigenvalue weighted by Gasteiger charge is -2.31. The van der Waals surface area contributed by atoms with Crippen molar-refractivity contribution in [3.05, 3.63) is 119 Å². The van der Waals surface area contributed by atoms with E-state index in [4.69, 9.17) is 0 Å². The maximum absolute atomic E-state index is 3.64. The minimum Gasteiger partial charge on any atom is -0.127 e. The number of hydrogen-bond donors (Lipinski definition) is 0. The number of fused-ring (bicyclic) bond motifs is 10. The second-order valence-electron chi connectivity index (χ2n) is 9.61. The van der Waals surface area contributed by atoms with Gasteiger partial charge in [0.1, 0.15) is 8.07 Å². The molecule has 0 unspecified atom stereocenters. The Labute approximate surface area is 185 Å². The van der Waals surface area contributed by atoms with Crippen LogP contribution >= 0.6 is 0 Å². The van der Waals surface area contributed by atoms with Gasteiger partial charge in [-0.2, -0.15) is 0 Å². The Kier molecular flexibility index (Phi) is 3.76. The Hall–Kier alpha value is -3.34. The second kappa shape index (κ2) is 6.33. The van der Waals surface area contributed by atoms with Crippen LogP contribution in [0.3, 0.4) is 0 Å². The molecule has 0 nitrogen and oxygen atoms in total. The van der Waals surface area contributed by atoms with Crippen molar-refractivity contribution < 1.29 is 0 Å². The highest BCUT2D eigenvalue weighted by Gasteiger charge is 2.52. The summed E-state index contributed by atoms with van der Waals surface area (Å²) in [6, 6.07) is 33.5. The summed E-state index contributed by atoms with van der Waals surface area (Å²) < 4.78 is 0. The lowest BCUT2D eigenvalue weighted by molar-refractivity contribution is 0.791. The average molecular weight is 413 g/mol. The molecule has 0 N–H and O–H groups in total. The van der Waals surface area contributed by atoms with Crippen LogP contribution in [0, 0.1) is 11.5 Å². The van der Waals surface area contributed by atoms with E-state index in [1.54, 1.807) is 0 Å². The molecule has 1 spiro atoms. The Balaban J connectivity index is 1.81. The van der Waals surface area contributed by atoms with Gasteiger partial charge in [0.05, 0.1) is 5.41 Å². The Morgan fingerprint density at radius 1 is 0.548 bits per heavy atom. The minimum absolute atomic E-state index is 0.302. The van der Waals surface area contributed by atoms with E-state index in [9.17, 15) is 0 Å². The van der Waals surface area contributed by atoms with Gasteiger partial charge in [0.2, 0.25) is 0 Å². The third-order valence-corrected chi connectivity index (χ3v) is 7.46. The molecule has 6 rings (SSSR count). The third-order valence-electron chi connectivity index (χ3n) is 6.59. The average Bonchev–Trinajstić information content (AvgIpc) is 3.25. The van der Waals surface area contributed by atoms with Gasteiger partial charge in [-0.3, -0.25) is 0 Å². The van der Waals surface area contributed by atoms with Crippen molar-refractivity contribution in [3.63, 3.8) is 0 Å². The first-order valence-electron chi connectivity index (χ1n) is 11.0. The van der Waals surface area contributed by atoms with Crippen molar-refractivity contribution >= 4 is 8.07 Å². The lowest BCUT2D eigenvalue weighted by atomic mass is 9.69. The number of benzene rings is 4. The molecule has 0 heterocycles. The fourth-order valence-electron chi connectivity index (χ4n) is 5.51. The van der Waals surface area contributed by atoms with Crippen LogP contribution in [0.1, 0.15) is 27.8 Å². The summed E-state index contributed by atoms with van der Waals surface area (Å²) in [5, 5.41) is 0. The highest BCUT2D eigenvalue weighted by atomic mass is 28.3. The van der Waals surface area contributed by atoms with E-state index >= 15 is 0 Å². The highest BCUT2D eigenvalue weighted by molar-refractivity contribution is 6.83. The molecule has 4 aromatic carbocycles. The van der Waals surface area contributed by atoms with Crippen molar-refractivity contribution in [1.29, 1.82) is 0 Å². The van der Waals surface area contributed by atoms with Gasteiger partial charge in [0, 0.05) is 5.56 Å². The van der Waals surface area contributed by atoms with Gasteiger partial charge in [0.25, 0.3) is 0 Å². The molecule has 0 aliphatic heterocycles. The van der Waals surface area contributed by atoms with Gasteiger partial charge >= 0.3 is 0 Å². The van der Waals surface area contributed by atoms with Crippen molar-refractivity contribution in [2.75, 3.05) is 0 Å². The zero-order valence-electron chi connectivity index (χ0n) is 18.2. The molecular weight excluding hydrogens is 388 g/mol. The van der Waals surface area contributed by atoms with E-state index in [2.05, 4.69) is 122 Å². The second-order valence-corrected chi connectivity index (χ2v) is 14.4. The molecule has 31 heavy (non-hydrogen) atoms. The smallest absolute Gasteiger partial charge is 0.127 e. The Morgan fingerprint density at radius 2 is 1.00 bits per heavy atom. The van der Waals surface area contributed by atoms with Gasteiger partial charge in [-0.25, -0.2) is 0 Å². The monoisotopic (exact) mass is 412 g/mol. The summed E-state index contributed by atoms with van der Waals surface area (Å²) in [6.45, 7) is 6.94. The molecule has 0 saturated carbocycles. The highest BCUT2D eigenvalue weighted by Crippen LogP contribution is 2.63. The number of hydrogen-bond acceptors (Lipinski definition) is 0. The van der Waals surface area contributed by atoms with Crippen LogP contribution in [0.25, 0.3) is 22.3 Å². The van der Waals surface area contributed by atoms with Crippen LogP contribution < -0.4 is 0 Å². The normalized spacial score (nSPS) is 14.3. The van der Waals surface area contributed by atoms with Gasteiger partial charge in [0.15, 0.2) is 0 Å². The minimum atomic E-state index is -1.51. The van der Waals surface area contributed by atoms with Crippen molar-refractivity contribution in [2.24, 2.45) is 0 Å². The summed E-state index contributed by atoms with van der Waals surface area (Å²) >= 11 is 0.